The van der Waals surface area contributed by atoms with Gasteiger partial charge in [-0.05, 0) is 43.1 Å². The molecule has 1 aromatic carbocycles. The third-order valence-corrected chi connectivity index (χ3v) is 5.68. The minimum atomic E-state index is -0.825. The van der Waals surface area contributed by atoms with Crippen LogP contribution in [0.2, 0.25) is 0 Å². The molecule has 1 fully saturated rings. The molecule has 32 heavy (non-hydrogen) atoms. The van der Waals surface area contributed by atoms with E-state index in [0.29, 0.717) is 19.3 Å². The number of nitrogens with zero attached hydrogens (tertiary/aromatic N) is 1. The highest BCUT2D eigenvalue weighted by Crippen LogP contribution is 2.27. The number of amides is 5. The number of hydroxylamine groups is 1. The summed E-state index contributed by atoms with van der Waals surface area (Å²) in [5.41, 5.74) is 5.37. The van der Waals surface area contributed by atoms with Crippen LogP contribution >= 0.6 is 0 Å². The second kappa shape index (κ2) is 11.6. The lowest BCUT2D eigenvalue weighted by molar-refractivity contribution is -0.143. The SMILES string of the molecule is CC(C)C[C@@H](C(=O)NN1C(=O)NC(=O)[C@@H]1C(C)C)[C@H](CCCc1ccccc1)C(=O)NO. The maximum atomic E-state index is 13.2. The fourth-order valence-corrected chi connectivity index (χ4v) is 4.14. The van der Waals surface area contributed by atoms with Crippen molar-refractivity contribution in [2.75, 3.05) is 0 Å². The number of carbonyl (C=O) groups is 4. The van der Waals surface area contributed by atoms with E-state index in [9.17, 15) is 24.4 Å². The maximum Gasteiger partial charge on any atom is 0.343 e. The van der Waals surface area contributed by atoms with Crippen LogP contribution in [0, 0.1) is 23.7 Å². The summed E-state index contributed by atoms with van der Waals surface area (Å²) < 4.78 is 0. The lowest BCUT2D eigenvalue weighted by Gasteiger charge is -2.30. The van der Waals surface area contributed by atoms with E-state index >= 15 is 0 Å². The summed E-state index contributed by atoms with van der Waals surface area (Å²) in [6.07, 6.45) is 2.13. The van der Waals surface area contributed by atoms with Crippen LogP contribution in [0.15, 0.2) is 30.3 Å². The molecule has 1 saturated heterocycles. The summed E-state index contributed by atoms with van der Waals surface area (Å²) in [4.78, 5) is 50.1. The fraction of sp³-hybridized carbons (Fsp3) is 0.565. The first-order valence-electron chi connectivity index (χ1n) is 11.1. The molecule has 0 radical (unpaired) electrons. The predicted octanol–water partition coefficient (Wildman–Crippen LogP) is 2.40. The van der Waals surface area contributed by atoms with Crippen molar-refractivity contribution >= 4 is 23.8 Å². The van der Waals surface area contributed by atoms with Crippen LogP contribution in [0.25, 0.3) is 0 Å². The number of nitrogens with one attached hydrogen (secondary N) is 3. The highest BCUT2D eigenvalue weighted by atomic mass is 16.5. The highest BCUT2D eigenvalue weighted by molar-refractivity contribution is 6.05. The molecule has 0 aromatic heterocycles. The normalized spacial score (nSPS) is 18.0. The molecule has 0 unspecified atom stereocenters. The van der Waals surface area contributed by atoms with Gasteiger partial charge in [0, 0.05) is 0 Å². The Balaban J connectivity index is 2.18. The second-order valence-corrected chi connectivity index (χ2v) is 9.03. The fourth-order valence-electron chi connectivity index (χ4n) is 4.14. The van der Waals surface area contributed by atoms with Gasteiger partial charge in [0.25, 0.3) is 5.91 Å². The lowest BCUT2D eigenvalue weighted by atomic mass is 9.81. The van der Waals surface area contributed by atoms with E-state index in [1.54, 1.807) is 19.3 Å². The minimum absolute atomic E-state index is 0.0869. The number of hydrogen-bond acceptors (Lipinski definition) is 5. The van der Waals surface area contributed by atoms with Crippen LogP contribution in [-0.4, -0.2) is 40.0 Å². The summed E-state index contributed by atoms with van der Waals surface area (Å²) in [7, 11) is 0. The Morgan fingerprint density at radius 3 is 2.28 bits per heavy atom. The number of benzene rings is 1. The van der Waals surface area contributed by atoms with Gasteiger partial charge in [-0.2, -0.15) is 0 Å². The van der Waals surface area contributed by atoms with E-state index in [4.69, 9.17) is 0 Å². The largest absolute Gasteiger partial charge is 0.343 e. The minimum Gasteiger partial charge on any atom is -0.289 e. The number of imide groups is 1. The molecule has 9 nitrogen and oxygen atoms in total. The van der Waals surface area contributed by atoms with E-state index in [1.807, 2.05) is 44.2 Å². The lowest BCUT2D eigenvalue weighted by Crippen LogP contribution is -2.54. The van der Waals surface area contributed by atoms with Gasteiger partial charge in [-0.1, -0.05) is 58.0 Å². The van der Waals surface area contributed by atoms with Crippen molar-refractivity contribution in [3.63, 3.8) is 0 Å². The molecule has 0 saturated carbocycles. The maximum absolute atomic E-state index is 13.2. The van der Waals surface area contributed by atoms with Gasteiger partial charge in [0.2, 0.25) is 11.8 Å². The van der Waals surface area contributed by atoms with Crippen molar-refractivity contribution in [1.29, 1.82) is 0 Å². The first kappa shape index (κ1) is 25.3. The molecule has 3 atom stereocenters. The van der Waals surface area contributed by atoms with E-state index in [0.717, 1.165) is 17.0 Å². The zero-order valence-corrected chi connectivity index (χ0v) is 19.1. The van der Waals surface area contributed by atoms with Gasteiger partial charge >= 0.3 is 6.03 Å². The summed E-state index contributed by atoms with van der Waals surface area (Å²) in [6.45, 7) is 7.42. The van der Waals surface area contributed by atoms with Crippen molar-refractivity contribution in [2.24, 2.45) is 23.7 Å². The van der Waals surface area contributed by atoms with Gasteiger partial charge in [-0.15, -0.1) is 0 Å². The molecular formula is C23H34N4O5. The number of rotatable bonds is 11. The van der Waals surface area contributed by atoms with Gasteiger partial charge in [-0.3, -0.25) is 30.3 Å². The van der Waals surface area contributed by atoms with Crippen molar-refractivity contribution < 1.29 is 24.4 Å². The zero-order chi connectivity index (χ0) is 23.8. The monoisotopic (exact) mass is 446 g/mol. The number of aryl methyl sites for hydroxylation is 1. The Bertz CT molecular complexity index is 812. The van der Waals surface area contributed by atoms with Gasteiger partial charge < -0.3 is 0 Å². The molecule has 9 heteroatoms. The smallest absolute Gasteiger partial charge is 0.289 e. The number of hydrazine groups is 1. The Hall–Kier alpha value is -2.94. The topological polar surface area (TPSA) is 128 Å². The average molecular weight is 447 g/mol. The Morgan fingerprint density at radius 1 is 1.06 bits per heavy atom. The Labute approximate surface area is 188 Å². The van der Waals surface area contributed by atoms with Crippen LogP contribution < -0.4 is 16.2 Å². The molecule has 1 aliphatic heterocycles. The first-order chi connectivity index (χ1) is 15.1. The van der Waals surface area contributed by atoms with E-state index in [1.165, 1.54) is 0 Å². The molecule has 1 aliphatic rings. The molecule has 4 N–H and O–H groups in total. The summed E-state index contributed by atoms with van der Waals surface area (Å²) in [5, 5.41) is 12.5. The highest BCUT2D eigenvalue weighted by Gasteiger charge is 2.43. The third kappa shape index (κ3) is 6.53. The van der Waals surface area contributed by atoms with E-state index in [-0.39, 0.29) is 11.8 Å². The molecule has 176 valence electrons. The molecule has 0 spiro atoms. The second-order valence-electron chi connectivity index (χ2n) is 9.03. The molecule has 1 heterocycles. The number of urea groups is 1. The van der Waals surface area contributed by atoms with Crippen molar-refractivity contribution in [3.05, 3.63) is 35.9 Å². The Morgan fingerprint density at radius 2 is 1.72 bits per heavy atom. The van der Waals surface area contributed by atoms with Crippen molar-refractivity contribution in [3.8, 4) is 0 Å². The summed E-state index contributed by atoms with van der Waals surface area (Å²) in [5.74, 6) is -3.34. The predicted molar refractivity (Wildman–Crippen MR) is 118 cm³/mol. The van der Waals surface area contributed by atoms with Crippen LogP contribution in [0.5, 0.6) is 0 Å². The van der Waals surface area contributed by atoms with Gasteiger partial charge in [0.1, 0.15) is 6.04 Å². The number of carbonyl (C=O) groups excluding carboxylic acids is 4. The third-order valence-electron chi connectivity index (χ3n) is 5.68. The molecule has 5 amide bonds. The summed E-state index contributed by atoms with van der Waals surface area (Å²) >= 11 is 0. The van der Waals surface area contributed by atoms with Crippen LogP contribution in [-0.2, 0) is 20.8 Å². The molecule has 0 aliphatic carbocycles. The van der Waals surface area contributed by atoms with Crippen molar-refractivity contribution in [2.45, 2.75) is 59.4 Å². The molecule has 1 aromatic rings. The van der Waals surface area contributed by atoms with E-state index in [2.05, 4.69) is 10.7 Å². The zero-order valence-electron chi connectivity index (χ0n) is 19.1. The standard InChI is InChI=1S/C23H34N4O5/c1-14(2)13-18(20(28)25-27-19(15(3)4)22(30)24-23(27)31)17(21(29)26-32)12-8-11-16-9-6-5-7-10-16/h5-7,9-10,14-15,17-19,32H,8,11-13H2,1-4H3,(H,25,28)(H,26,29)(H,24,30,31)/t17-,18+,19-/m0/s1. The van der Waals surface area contributed by atoms with Crippen LogP contribution in [0.4, 0.5) is 4.79 Å². The van der Waals surface area contributed by atoms with Gasteiger partial charge in [0.05, 0.1) is 11.8 Å². The van der Waals surface area contributed by atoms with Gasteiger partial charge in [0.15, 0.2) is 0 Å². The quantitative estimate of drug-likeness (QED) is 0.236. The van der Waals surface area contributed by atoms with E-state index < -0.39 is 41.6 Å². The number of hydrogen-bond donors (Lipinski definition) is 4. The average Bonchev–Trinajstić information content (AvgIpc) is 3.02. The van der Waals surface area contributed by atoms with Crippen LogP contribution in [0.1, 0.15) is 52.5 Å². The molecule has 2 rings (SSSR count). The molecular weight excluding hydrogens is 412 g/mol. The summed E-state index contributed by atoms with van der Waals surface area (Å²) in [6, 6.07) is 8.28. The molecule has 0 bridgehead atoms. The first-order valence-corrected chi connectivity index (χ1v) is 11.1. The van der Waals surface area contributed by atoms with Gasteiger partial charge in [-0.25, -0.2) is 15.3 Å². The Kier molecular flexibility index (Phi) is 9.19. The van der Waals surface area contributed by atoms with Crippen LogP contribution in [0.3, 0.4) is 0 Å². The van der Waals surface area contributed by atoms with Crippen molar-refractivity contribution in [1.82, 2.24) is 21.2 Å².